The molecule has 1 amide bonds. The van der Waals surface area contributed by atoms with Crippen molar-refractivity contribution in [2.45, 2.75) is 39.8 Å². The largest absolute Gasteiger partial charge is 0.331 e. The molecule has 0 saturated carbocycles. The SMILES string of the molecule is Cc1cccc(C)c1C(=O)N1C(C)CNCC1C. The molecule has 3 nitrogen and oxygen atoms in total. The lowest BCUT2D eigenvalue weighted by atomic mass is 9.99. The van der Waals surface area contributed by atoms with Gasteiger partial charge in [-0.15, -0.1) is 0 Å². The molecule has 2 unspecified atom stereocenters. The third kappa shape index (κ3) is 2.27. The van der Waals surface area contributed by atoms with E-state index >= 15 is 0 Å². The second kappa shape index (κ2) is 5.11. The quantitative estimate of drug-likeness (QED) is 0.823. The van der Waals surface area contributed by atoms with Crippen LogP contribution in [-0.2, 0) is 0 Å². The van der Waals surface area contributed by atoms with Gasteiger partial charge >= 0.3 is 0 Å². The Morgan fingerprint density at radius 3 is 2.17 bits per heavy atom. The zero-order valence-corrected chi connectivity index (χ0v) is 11.7. The number of rotatable bonds is 1. The standard InChI is InChI=1S/C15H22N2O/c1-10-6-5-7-11(2)14(10)15(18)17-12(3)8-16-9-13(17)4/h5-7,12-13,16H,8-9H2,1-4H3. The summed E-state index contributed by atoms with van der Waals surface area (Å²) >= 11 is 0. The molecule has 0 radical (unpaired) electrons. The van der Waals surface area contributed by atoms with Crippen LogP contribution in [0.4, 0.5) is 0 Å². The number of hydrogen-bond acceptors (Lipinski definition) is 2. The van der Waals surface area contributed by atoms with Crippen molar-refractivity contribution in [3.05, 3.63) is 34.9 Å². The maximum absolute atomic E-state index is 12.8. The Morgan fingerprint density at radius 1 is 1.17 bits per heavy atom. The molecule has 1 aromatic rings. The average Bonchev–Trinajstić information content (AvgIpc) is 2.28. The van der Waals surface area contributed by atoms with Crippen molar-refractivity contribution >= 4 is 5.91 Å². The third-order valence-corrected chi connectivity index (χ3v) is 3.76. The summed E-state index contributed by atoms with van der Waals surface area (Å²) in [6, 6.07) is 6.53. The van der Waals surface area contributed by atoms with Crippen molar-refractivity contribution in [3.8, 4) is 0 Å². The molecule has 0 aliphatic carbocycles. The van der Waals surface area contributed by atoms with Crippen molar-refractivity contribution in [1.29, 1.82) is 0 Å². The molecule has 1 N–H and O–H groups in total. The van der Waals surface area contributed by atoms with Crippen LogP contribution in [0.25, 0.3) is 0 Å². The van der Waals surface area contributed by atoms with Gasteiger partial charge in [-0.2, -0.15) is 0 Å². The second-order valence-electron chi connectivity index (χ2n) is 5.34. The monoisotopic (exact) mass is 246 g/mol. The smallest absolute Gasteiger partial charge is 0.254 e. The lowest BCUT2D eigenvalue weighted by molar-refractivity contribution is 0.0543. The summed E-state index contributed by atoms with van der Waals surface area (Å²) < 4.78 is 0. The van der Waals surface area contributed by atoms with Crippen molar-refractivity contribution in [2.75, 3.05) is 13.1 Å². The van der Waals surface area contributed by atoms with Gasteiger partial charge in [-0.1, -0.05) is 18.2 Å². The number of nitrogens with zero attached hydrogens (tertiary/aromatic N) is 1. The van der Waals surface area contributed by atoms with Crippen LogP contribution in [0.15, 0.2) is 18.2 Å². The highest BCUT2D eigenvalue weighted by Gasteiger charge is 2.30. The van der Waals surface area contributed by atoms with E-state index in [0.29, 0.717) is 0 Å². The first kappa shape index (κ1) is 13.1. The molecule has 18 heavy (non-hydrogen) atoms. The maximum atomic E-state index is 12.8. The molecule has 1 heterocycles. The predicted octanol–water partition coefficient (Wildman–Crippen LogP) is 2.13. The Hall–Kier alpha value is -1.35. The van der Waals surface area contributed by atoms with Gasteiger partial charge in [0.05, 0.1) is 0 Å². The van der Waals surface area contributed by atoms with E-state index < -0.39 is 0 Å². The van der Waals surface area contributed by atoms with Gasteiger partial charge in [-0.25, -0.2) is 0 Å². The van der Waals surface area contributed by atoms with Gasteiger partial charge < -0.3 is 10.2 Å². The van der Waals surface area contributed by atoms with Gasteiger partial charge in [0, 0.05) is 30.7 Å². The molecule has 98 valence electrons. The molecule has 0 spiro atoms. The fourth-order valence-electron chi connectivity index (χ4n) is 2.81. The van der Waals surface area contributed by atoms with Crippen molar-refractivity contribution in [1.82, 2.24) is 10.2 Å². The third-order valence-electron chi connectivity index (χ3n) is 3.76. The van der Waals surface area contributed by atoms with Gasteiger partial charge in [-0.05, 0) is 38.8 Å². The minimum atomic E-state index is 0.173. The first-order valence-electron chi connectivity index (χ1n) is 6.62. The Labute approximate surface area is 109 Å². The van der Waals surface area contributed by atoms with E-state index in [-0.39, 0.29) is 18.0 Å². The molecule has 1 aromatic carbocycles. The normalized spacial score (nSPS) is 24.1. The first-order chi connectivity index (χ1) is 8.52. The Kier molecular flexibility index (Phi) is 3.71. The van der Waals surface area contributed by atoms with Crippen molar-refractivity contribution < 1.29 is 4.79 Å². The van der Waals surface area contributed by atoms with Gasteiger partial charge in [0.15, 0.2) is 0 Å². The van der Waals surface area contributed by atoms with Crippen LogP contribution in [0, 0.1) is 13.8 Å². The summed E-state index contributed by atoms with van der Waals surface area (Å²) in [5.74, 6) is 0.173. The molecule has 3 heteroatoms. The molecule has 1 fully saturated rings. The first-order valence-corrected chi connectivity index (χ1v) is 6.62. The van der Waals surface area contributed by atoms with Gasteiger partial charge in [0.1, 0.15) is 0 Å². The van der Waals surface area contributed by atoms with Crippen LogP contribution in [-0.4, -0.2) is 36.0 Å². The molecule has 2 rings (SSSR count). The number of aryl methyl sites for hydroxylation is 2. The van der Waals surface area contributed by atoms with Gasteiger partial charge in [0.25, 0.3) is 5.91 Å². The molecule has 1 aliphatic heterocycles. The lowest BCUT2D eigenvalue weighted by Crippen LogP contribution is -2.57. The number of hydrogen-bond donors (Lipinski definition) is 1. The summed E-state index contributed by atoms with van der Waals surface area (Å²) in [5, 5.41) is 3.36. The highest BCUT2D eigenvalue weighted by atomic mass is 16.2. The molecular formula is C15H22N2O. The topological polar surface area (TPSA) is 32.3 Å². The van der Waals surface area contributed by atoms with Crippen LogP contribution in [0.2, 0.25) is 0 Å². The fraction of sp³-hybridized carbons (Fsp3) is 0.533. The zero-order valence-electron chi connectivity index (χ0n) is 11.7. The van der Waals surface area contributed by atoms with E-state index in [1.807, 2.05) is 36.9 Å². The summed E-state index contributed by atoms with van der Waals surface area (Å²) in [6.45, 7) is 9.99. The van der Waals surface area contributed by atoms with Crippen molar-refractivity contribution in [3.63, 3.8) is 0 Å². The van der Waals surface area contributed by atoms with Gasteiger partial charge in [0.2, 0.25) is 0 Å². The summed E-state index contributed by atoms with van der Waals surface area (Å²) in [4.78, 5) is 14.8. The maximum Gasteiger partial charge on any atom is 0.254 e. The number of carbonyl (C=O) groups is 1. The molecule has 0 aromatic heterocycles. The lowest BCUT2D eigenvalue weighted by Gasteiger charge is -2.40. The van der Waals surface area contributed by atoms with Crippen molar-refractivity contribution in [2.24, 2.45) is 0 Å². The van der Waals surface area contributed by atoms with E-state index in [1.165, 1.54) is 0 Å². The minimum Gasteiger partial charge on any atom is -0.331 e. The minimum absolute atomic E-state index is 0.173. The van der Waals surface area contributed by atoms with E-state index in [0.717, 1.165) is 29.8 Å². The molecule has 0 bridgehead atoms. The fourth-order valence-corrected chi connectivity index (χ4v) is 2.81. The van der Waals surface area contributed by atoms with E-state index in [4.69, 9.17) is 0 Å². The summed E-state index contributed by atoms with van der Waals surface area (Å²) in [7, 11) is 0. The summed E-state index contributed by atoms with van der Waals surface area (Å²) in [6.07, 6.45) is 0. The van der Waals surface area contributed by atoms with Crippen LogP contribution in [0.3, 0.4) is 0 Å². The van der Waals surface area contributed by atoms with E-state index in [2.05, 4.69) is 19.2 Å². The van der Waals surface area contributed by atoms with E-state index in [9.17, 15) is 4.79 Å². The molecule has 1 aliphatic rings. The van der Waals surface area contributed by atoms with Crippen LogP contribution in [0.1, 0.15) is 35.3 Å². The Bertz CT molecular complexity index is 426. The molecule has 2 atom stereocenters. The van der Waals surface area contributed by atoms with E-state index in [1.54, 1.807) is 0 Å². The predicted molar refractivity (Wildman–Crippen MR) is 73.9 cm³/mol. The molecule has 1 saturated heterocycles. The van der Waals surface area contributed by atoms with Crippen LogP contribution in [0.5, 0.6) is 0 Å². The number of carbonyl (C=O) groups excluding carboxylic acids is 1. The van der Waals surface area contributed by atoms with Crippen LogP contribution >= 0.6 is 0 Å². The average molecular weight is 246 g/mol. The highest BCUT2D eigenvalue weighted by molar-refractivity contribution is 5.97. The second-order valence-corrected chi connectivity index (χ2v) is 5.34. The number of benzene rings is 1. The summed E-state index contributed by atoms with van der Waals surface area (Å²) in [5.41, 5.74) is 3.01. The zero-order chi connectivity index (χ0) is 13.3. The number of nitrogens with one attached hydrogen (secondary N) is 1. The van der Waals surface area contributed by atoms with Gasteiger partial charge in [-0.3, -0.25) is 4.79 Å². The highest BCUT2D eigenvalue weighted by Crippen LogP contribution is 2.20. The number of piperazine rings is 1. The van der Waals surface area contributed by atoms with Crippen LogP contribution < -0.4 is 5.32 Å². The Morgan fingerprint density at radius 2 is 1.67 bits per heavy atom. The number of amides is 1. The Balaban J connectivity index is 2.35. The molecular weight excluding hydrogens is 224 g/mol.